The predicted molar refractivity (Wildman–Crippen MR) is 66.5 cm³/mol. The van der Waals surface area contributed by atoms with Crippen molar-refractivity contribution in [3.8, 4) is 11.1 Å². The number of carboxylic acids is 1. The van der Waals surface area contributed by atoms with Gasteiger partial charge in [-0.05, 0) is 33.1 Å². The molecule has 0 saturated heterocycles. The van der Waals surface area contributed by atoms with Crippen LogP contribution in [0.4, 0.5) is 0 Å². The van der Waals surface area contributed by atoms with Gasteiger partial charge >= 0.3 is 5.97 Å². The highest BCUT2D eigenvalue weighted by molar-refractivity contribution is 9.10. The van der Waals surface area contributed by atoms with Crippen LogP contribution >= 0.6 is 15.9 Å². The number of benzene rings is 2. The van der Waals surface area contributed by atoms with E-state index in [-0.39, 0.29) is 0 Å². The maximum absolute atomic E-state index is 11.2. The van der Waals surface area contributed by atoms with Gasteiger partial charge in [0.1, 0.15) is 0 Å². The topological polar surface area (TPSA) is 37.3 Å². The molecule has 0 aliphatic carbocycles. The normalized spacial score (nSPS) is 10.1. The molecule has 0 bridgehead atoms. The van der Waals surface area contributed by atoms with Gasteiger partial charge in [0, 0.05) is 4.47 Å². The van der Waals surface area contributed by atoms with Crippen LogP contribution < -0.4 is 0 Å². The van der Waals surface area contributed by atoms with E-state index in [1.807, 2.05) is 42.5 Å². The lowest BCUT2D eigenvalue weighted by atomic mass is 10.00. The number of carboxylic acid groups (broad SMARTS) is 1. The van der Waals surface area contributed by atoms with Gasteiger partial charge in [-0.2, -0.15) is 0 Å². The van der Waals surface area contributed by atoms with Crippen LogP contribution in [-0.4, -0.2) is 11.1 Å². The van der Waals surface area contributed by atoms with E-state index in [9.17, 15) is 9.90 Å². The van der Waals surface area contributed by atoms with Crippen molar-refractivity contribution in [1.82, 2.24) is 0 Å². The van der Waals surface area contributed by atoms with Crippen molar-refractivity contribution in [2.24, 2.45) is 0 Å². The second-order valence-corrected chi connectivity index (χ2v) is 4.19. The molecule has 0 aliphatic rings. The van der Waals surface area contributed by atoms with Gasteiger partial charge in [-0.1, -0.05) is 42.5 Å². The summed E-state index contributed by atoms with van der Waals surface area (Å²) in [5.41, 5.74) is 1.93. The van der Waals surface area contributed by atoms with Gasteiger partial charge < -0.3 is 5.11 Å². The summed E-state index contributed by atoms with van der Waals surface area (Å²) in [6, 6.07) is 14.9. The lowest BCUT2D eigenvalue weighted by Gasteiger charge is -2.07. The van der Waals surface area contributed by atoms with Crippen molar-refractivity contribution in [3.05, 3.63) is 58.6 Å². The SMILES string of the molecule is O=C(O)c1c(Br)cccc1-c1ccccc1. The summed E-state index contributed by atoms with van der Waals surface area (Å²) in [6.45, 7) is 0. The highest BCUT2D eigenvalue weighted by atomic mass is 79.9. The highest BCUT2D eigenvalue weighted by Gasteiger charge is 2.14. The molecule has 0 spiro atoms. The molecule has 0 atom stereocenters. The molecule has 2 rings (SSSR count). The average molecular weight is 277 g/mol. The molecule has 0 radical (unpaired) electrons. The number of hydrogen-bond donors (Lipinski definition) is 1. The molecule has 80 valence electrons. The van der Waals surface area contributed by atoms with Crippen LogP contribution in [0.3, 0.4) is 0 Å². The molecule has 0 saturated carbocycles. The minimum absolute atomic E-state index is 0.300. The zero-order chi connectivity index (χ0) is 11.5. The Balaban J connectivity index is 2.66. The lowest BCUT2D eigenvalue weighted by Crippen LogP contribution is -2.00. The minimum atomic E-state index is -0.925. The van der Waals surface area contributed by atoms with E-state index >= 15 is 0 Å². The summed E-state index contributed by atoms with van der Waals surface area (Å²) >= 11 is 3.26. The Morgan fingerprint density at radius 1 is 1.00 bits per heavy atom. The van der Waals surface area contributed by atoms with E-state index in [2.05, 4.69) is 15.9 Å². The third-order valence-corrected chi connectivity index (χ3v) is 2.97. The van der Waals surface area contributed by atoms with E-state index in [4.69, 9.17) is 0 Å². The molecule has 16 heavy (non-hydrogen) atoms. The van der Waals surface area contributed by atoms with Crippen molar-refractivity contribution in [2.45, 2.75) is 0 Å². The molecule has 0 aliphatic heterocycles. The molecule has 0 heterocycles. The van der Waals surface area contributed by atoms with E-state index in [0.29, 0.717) is 10.0 Å². The van der Waals surface area contributed by atoms with Gasteiger partial charge in [0.2, 0.25) is 0 Å². The van der Waals surface area contributed by atoms with Crippen LogP contribution in [0.15, 0.2) is 53.0 Å². The van der Waals surface area contributed by atoms with E-state index < -0.39 is 5.97 Å². The third kappa shape index (κ3) is 1.99. The zero-order valence-electron chi connectivity index (χ0n) is 8.35. The molecule has 2 aromatic carbocycles. The molecular formula is C13H9BrO2. The van der Waals surface area contributed by atoms with Crippen LogP contribution in [0.5, 0.6) is 0 Å². The number of aromatic carboxylic acids is 1. The van der Waals surface area contributed by atoms with E-state index in [1.54, 1.807) is 6.07 Å². The lowest BCUT2D eigenvalue weighted by molar-refractivity contribution is 0.0697. The maximum atomic E-state index is 11.2. The molecular weight excluding hydrogens is 268 g/mol. The average Bonchev–Trinajstić information content (AvgIpc) is 2.29. The highest BCUT2D eigenvalue weighted by Crippen LogP contribution is 2.29. The molecule has 1 N–H and O–H groups in total. The van der Waals surface area contributed by atoms with Gasteiger partial charge in [-0.15, -0.1) is 0 Å². The Labute approximate surface area is 102 Å². The Bertz CT molecular complexity index is 521. The fraction of sp³-hybridized carbons (Fsp3) is 0. The first-order valence-corrected chi connectivity index (χ1v) is 5.56. The maximum Gasteiger partial charge on any atom is 0.337 e. The molecule has 2 aromatic rings. The predicted octanol–water partition coefficient (Wildman–Crippen LogP) is 3.81. The first kappa shape index (κ1) is 10.9. The second-order valence-electron chi connectivity index (χ2n) is 3.33. The van der Waals surface area contributed by atoms with Crippen molar-refractivity contribution >= 4 is 21.9 Å². The number of hydrogen-bond acceptors (Lipinski definition) is 1. The minimum Gasteiger partial charge on any atom is -0.478 e. The van der Waals surface area contributed by atoms with Gasteiger partial charge in [-0.3, -0.25) is 0 Å². The molecule has 0 aromatic heterocycles. The first-order chi connectivity index (χ1) is 7.70. The fourth-order valence-electron chi connectivity index (χ4n) is 1.60. The molecule has 0 fully saturated rings. The Kier molecular flexibility index (Phi) is 3.06. The largest absolute Gasteiger partial charge is 0.478 e. The van der Waals surface area contributed by atoms with E-state index in [0.717, 1.165) is 11.1 Å². The van der Waals surface area contributed by atoms with Gasteiger partial charge in [0.25, 0.3) is 0 Å². The van der Waals surface area contributed by atoms with E-state index in [1.165, 1.54) is 0 Å². The molecule has 0 amide bonds. The Hall–Kier alpha value is -1.61. The van der Waals surface area contributed by atoms with Crippen LogP contribution in [0.25, 0.3) is 11.1 Å². The Morgan fingerprint density at radius 3 is 2.31 bits per heavy atom. The van der Waals surface area contributed by atoms with Crippen molar-refractivity contribution < 1.29 is 9.90 Å². The van der Waals surface area contributed by atoms with Gasteiger partial charge in [0.05, 0.1) is 5.56 Å². The van der Waals surface area contributed by atoms with Gasteiger partial charge in [-0.25, -0.2) is 4.79 Å². The van der Waals surface area contributed by atoms with Crippen LogP contribution in [-0.2, 0) is 0 Å². The number of halogens is 1. The quantitative estimate of drug-likeness (QED) is 0.906. The van der Waals surface area contributed by atoms with Crippen molar-refractivity contribution in [2.75, 3.05) is 0 Å². The first-order valence-electron chi connectivity index (χ1n) is 4.77. The number of rotatable bonds is 2. The van der Waals surface area contributed by atoms with Crippen LogP contribution in [0.1, 0.15) is 10.4 Å². The summed E-state index contributed by atoms with van der Waals surface area (Å²) in [7, 11) is 0. The monoisotopic (exact) mass is 276 g/mol. The Morgan fingerprint density at radius 2 is 1.69 bits per heavy atom. The molecule has 2 nitrogen and oxygen atoms in total. The number of carbonyl (C=O) groups is 1. The van der Waals surface area contributed by atoms with Crippen molar-refractivity contribution in [3.63, 3.8) is 0 Å². The fourth-order valence-corrected chi connectivity index (χ4v) is 2.14. The smallest absolute Gasteiger partial charge is 0.337 e. The summed E-state index contributed by atoms with van der Waals surface area (Å²) < 4.78 is 0.598. The van der Waals surface area contributed by atoms with Crippen LogP contribution in [0.2, 0.25) is 0 Å². The van der Waals surface area contributed by atoms with Gasteiger partial charge in [0.15, 0.2) is 0 Å². The summed E-state index contributed by atoms with van der Waals surface area (Å²) in [5.74, 6) is -0.925. The van der Waals surface area contributed by atoms with Crippen LogP contribution in [0, 0.1) is 0 Å². The summed E-state index contributed by atoms with van der Waals surface area (Å²) in [4.78, 5) is 11.2. The van der Waals surface area contributed by atoms with Crippen molar-refractivity contribution in [1.29, 1.82) is 0 Å². The standard InChI is InChI=1S/C13H9BrO2/c14-11-8-4-7-10(12(11)13(15)16)9-5-2-1-3-6-9/h1-8H,(H,15,16). The third-order valence-electron chi connectivity index (χ3n) is 2.31. The molecule has 3 heteroatoms. The second kappa shape index (κ2) is 4.49. The summed E-state index contributed by atoms with van der Waals surface area (Å²) in [5, 5.41) is 9.18. The summed E-state index contributed by atoms with van der Waals surface area (Å²) in [6.07, 6.45) is 0. The zero-order valence-corrected chi connectivity index (χ0v) is 9.94. The molecule has 0 unspecified atom stereocenters.